The molecular weight excluding hydrogens is 352 g/mol. The smallest absolute Gasteiger partial charge is 0.244 e. The summed E-state index contributed by atoms with van der Waals surface area (Å²) in [5.41, 5.74) is 1.60. The Morgan fingerprint density at radius 3 is 2.50 bits per heavy atom. The third-order valence-electron chi connectivity index (χ3n) is 4.39. The number of piperidine rings is 1. The third-order valence-corrected chi connectivity index (χ3v) is 6.27. The number of aromatic nitrogens is 3. The number of para-hydroxylation sites is 2. The summed E-state index contributed by atoms with van der Waals surface area (Å²) in [7, 11) is -3.50. The van der Waals surface area contributed by atoms with Gasteiger partial charge in [-0.2, -0.15) is 4.31 Å². The Kier molecular flexibility index (Phi) is 4.52. The van der Waals surface area contributed by atoms with Gasteiger partial charge in [-0.3, -0.25) is 4.98 Å². The number of nitrogens with zero attached hydrogens (tertiary/aromatic N) is 4. The van der Waals surface area contributed by atoms with Crippen molar-refractivity contribution < 1.29 is 13.2 Å². The van der Waals surface area contributed by atoms with Crippen molar-refractivity contribution in [1.82, 2.24) is 19.3 Å². The first-order valence-corrected chi connectivity index (χ1v) is 9.85. The molecule has 8 heteroatoms. The highest BCUT2D eigenvalue weighted by molar-refractivity contribution is 7.89. The van der Waals surface area contributed by atoms with Crippen LogP contribution < -0.4 is 4.74 Å². The Balaban J connectivity index is 1.42. The number of rotatable bonds is 4. The lowest BCUT2D eigenvalue weighted by atomic mass is 10.1. The fourth-order valence-corrected chi connectivity index (χ4v) is 4.44. The maximum absolute atomic E-state index is 12.6. The lowest BCUT2D eigenvalue weighted by molar-refractivity contribution is 0.130. The number of ether oxygens (including phenoxy) is 1. The highest BCUT2D eigenvalue weighted by atomic mass is 32.2. The monoisotopic (exact) mass is 370 g/mol. The molecule has 3 heterocycles. The molecule has 0 radical (unpaired) electrons. The molecule has 0 bridgehead atoms. The maximum atomic E-state index is 12.6. The predicted molar refractivity (Wildman–Crippen MR) is 96.2 cm³/mol. The van der Waals surface area contributed by atoms with Crippen LogP contribution in [0.1, 0.15) is 12.8 Å². The molecule has 0 saturated carbocycles. The largest absolute Gasteiger partial charge is 0.473 e. The van der Waals surface area contributed by atoms with E-state index in [2.05, 4.69) is 15.0 Å². The van der Waals surface area contributed by atoms with Gasteiger partial charge >= 0.3 is 0 Å². The summed E-state index contributed by atoms with van der Waals surface area (Å²) in [6, 6.07) is 10.8. The molecule has 26 heavy (non-hydrogen) atoms. The molecule has 134 valence electrons. The molecule has 1 saturated heterocycles. The van der Waals surface area contributed by atoms with Crippen LogP contribution in [0.5, 0.6) is 5.88 Å². The predicted octanol–water partition coefficient (Wildman–Crippen LogP) is 2.26. The standard InChI is InChI=1S/C18H18N4O3S/c23-26(24,15-4-3-9-19-12-15)22-10-7-14(8-11-22)25-18-13-20-16-5-1-2-6-17(16)21-18/h1-6,9,12-14H,7-8,10-11H2. The Bertz CT molecular complexity index is 1000. The van der Waals surface area contributed by atoms with Gasteiger partial charge in [-0.15, -0.1) is 0 Å². The normalized spacial score (nSPS) is 16.6. The first-order valence-electron chi connectivity index (χ1n) is 8.41. The minimum atomic E-state index is -3.50. The number of hydrogen-bond acceptors (Lipinski definition) is 6. The Morgan fingerprint density at radius 2 is 1.77 bits per heavy atom. The second-order valence-electron chi connectivity index (χ2n) is 6.11. The molecule has 4 rings (SSSR count). The van der Waals surface area contributed by atoms with Gasteiger partial charge in [0.25, 0.3) is 0 Å². The zero-order valence-electron chi connectivity index (χ0n) is 14.0. The summed E-state index contributed by atoms with van der Waals surface area (Å²) in [5.74, 6) is 0.470. The maximum Gasteiger partial charge on any atom is 0.244 e. The van der Waals surface area contributed by atoms with E-state index in [1.54, 1.807) is 24.5 Å². The number of fused-ring (bicyclic) bond motifs is 1. The highest BCUT2D eigenvalue weighted by Crippen LogP contribution is 2.23. The fraction of sp³-hybridized carbons (Fsp3) is 0.278. The molecule has 0 atom stereocenters. The summed E-state index contributed by atoms with van der Waals surface area (Å²) in [4.78, 5) is 12.9. The zero-order chi connectivity index (χ0) is 18.0. The van der Waals surface area contributed by atoms with Crippen molar-refractivity contribution in [3.8, 4) is 5.88 Å². The van der Waals surface area contributed by atoms with Crippen molar-refractivity contribution in [1.29, 1.82) is 0 Å². The van der Waals surface area contributed by atoms with Crippen LogP contribution in [-0.4, -0.2) is 46.9 Å². The van der Waals surface area contributed by atoms with E-state index in [0.717, 1.165) is 11.0 Å². The molecule has 0 amide bonds. The Morgan fingerprint density at radius 1 is 1.00 bits per heavy atom. The van der Waals surface area contributed by atoms with E-state index in [1.807, 2.05) is 24.3 Å². The molecule has 7 nitrogen and oxygen atoms in total. The van der Waals surface area contributed by atoms with Crippen LogP contribution in [0.25, 0.3) is 11.0 Å². The minimum Gasteiger partial charge on any atom is -0.473 e. The summed E-state index contributed by atoms with van der Waals surface area (Å²) in [6.07, 6.45) is 5.68. The number of hydrogen-bond donors (Lipinski definition) is 0. The van der Waals surface area contributed by atoms with Crippen LogP contribution in [0.15, 0.2) is 59.9 Å². The molecule has 0 spiro atoms. The number of sulfonamides is 1. The molecule has 0 aliphatic carbocycles. The minimum absolute atomic E-state index is 0.0780. The average Bonchev–Trinajstić information content (AvgIpc) is 2.69. The second kappa shape index (κ2) is 6.97. The Hall–Kier alpha value is -2.58. The topological polar surface area (TPSA) is 85.3 Å². The van der Waals surface area contributed by atoms with Crippen LogP contribution in [-0.2, 0) is 10.0 Å². The van der Waals surface area contributed by atoms with Crippen LogP contribution in [0.2, 0.25) is 0 Å². The van der Waals surface area contributed by atoms with Gasteiger partial charge in [0.2, 0.25) is 15.9 Å². The summed E-state index contributed by atoms with van der Waals surface area (Å²) >= 11 is 0. The van der Waals surface area contributed by atoms with Crippen molar-refractivity contribution in [3.05, 3.63) is 55.0 Å². The van der Waals surface area contributed by atoms with Crippen molar-refractivity contribution in [2.24, 2.45) is 0 Å². The Labute approximate surface area is 151 Å². The highest BCUT2D eigenvalue weighted by Gasteiger charge is 2.30. The summed E-state index contributed by atoms with van der Waals surface area (Å²) in [5, 5.41) is 0. The van der Waals surface area contributed by atoms with Gasteiger partial charge in [0.15, 0.2) is 0 Å². The van der Waals surface area contributed by atoms with Crippen LogP contribution in [0.4, 0.5) is 0 Å². The van der Waals surface area contributed by atoms with E-state index in [-0.39, 0.29) is 11.0 Å². The lowest BCUT2D eigenvalue weighted by Gasteiger charge is -2.31. The van der Waals surface area contributed by atoms with Gasteiger partial charge in [-0.05, 0) is 37.1 Å². The average molecular weight is 370 g/mol. The van der Waals surface area contributed by atoms with Crippen LogP contribution >= 0.6 is 0 Å². The lowest BCUT2D eigenvalue weighted by Crippen LogP contribution is -2.41. The van der Waals surface area contributed by atoms with Crippen molar-refractivity contribution in [2.45, 2.75) is 23.8 Å². The van der Waals surface area contributed by atoms with Gasteiger partial charge in [-0.1, -0.05) is 12.1 Å². The van der Waals surface area contributed by atoms with E-state index in [0.29, 0.717) is 31.8 Å². The third kappa shape index (κ3) is 3.38. The van der Waals surface area contributed by atoms with E-state index >= 15 is 0 Å². The molecule has 3 aromatic rings. The van der Waals surface area contributed by atoms with Gasteiger partial charge < -0.3 is 4.74 Å². The van der Waals surface area contributed by atoms with Crippen LogP contribution in [0, 0.1) is 0 Å². The quantitative estimate of drug-likeness (QED) is 0.700. The molecule has 1 aromatic carbocycles. The van der Waals surface area contributed by atoms with E-state index in [1.165, 1.54) is 10.5 Å². The van der Waals surface area contributed by atoms with Crippen molar-refractivity contribution in [2.75, 3.05) is 13.1 Å². The molecule has 1 fully saturated rings. The first kappa shape index (κ1) is 16.9. The van der Waals surface area contributed by atoms with Gasteiger partial charge in [0.05, 0.1) is 17.2 Å². The number of pyridine rings is 1. The molecule has 1 aliphatic heterocycles. The SMILES string of the molecule is O=S(=O)(c1cccnc1)N1CCC(Oc2cnc3ccccc3n2)CC1. The van der Waals surface area contributed by atoms with Gasteiger partial charge in [0.1, 0.15) is 11.0 Å². The van der Waals surface area contributed by atoms with Gasteiger partial charge in [-0.25, -0.2) is 18.4 Å². The summed E-state index contributed by atoms with van der Waals surface area (Å²) in [6.45, 7) is 0.811. The molecule has 0 unspecified atom stereocenters. The first-order chi connectivity index (χ1) is 12.6. The van der Waals surface area contributed by atoms with Crippen molar-refractivity contribution >= 4 is 21.1 Å². The second-order valence-corrected chi connectivity index (χ2v) is 8.04. The number of benzene rings is 1. The summed E-state index contributed by atoms with van der Waals surface area (Å²) < 4.78 is 32.6. The van der Waals surface area contributed by atoms with Gasteiger partial charge in [0, 0.05) is 25.5 Å². The fourth-order valence-electron chi connectivity index (χ4n) is 3.01. The molecule has 1 aliphatic rings. The van der Waals surface area contributed by atoms with Crippen molar-refractivity contribution in [3.63, 3.8) is 0 Å². The molecular formula is C18H18N4O3S. The zero-order valence-corrected chi connectivity index (χ0v) is 14.8. The molecule has 0 N–H and O–H groups in total. The van der Waals surface area contributed by atoms with E-state index in [4.69, 9.17) is 4.74 Å². The molecule has 2 aromatic heterocycles. The van der Waals surface area contributed by atoms with E-state index < -0.39 is 10.0 Å². The van der Waals surface area contributed by atoms with Crippen LogP contribution in [0.3, 0.4) is 0 Å². The van der Waals surface area contributed by atoms with E-state index in [9.17, 15) is 8.42 Å².